The highest BCUT2D eigenvalue weighted by Crippen LogP contribution is 2.29. The van der Waals surface area contributed by atoms with Crippen LogP contribution in [0, 0.1) is 0 Å². The van der Waals surface area contributed by atoms with Crippen molar-refractivity contribution in [3.8, 4) is 0 Å². The molecule has 0 spiro atoms. The van der Waals surface area contributed by atoms with Gasteiger partial charge in [0.1, 0.15) is 4.90 Å². The summed E-state index contributed by atoms with van der Waals surface area (Å²) in [6, 6.07) is 8.71. The Morgan fingerprint density at radius 1 is 1.00 bits per heavy atom. The highest BCUT2D eigenvalue weighted by atomic mass is 35.5. The van der Waals surface area contributed by atoms with Gasteiger partial charge >= 0.3 is 0 Å². The first-order valence-corrected chi connectivity index (χ1v) is 10.5. The average Bonchev–Trinajstić information content (AvgIpc) is 2.63. The zero-order chi connectivity index (χ0) is 19.6. The predicted octanol–water partition coefficient (Wildman–Crippen LogP) is 3.92. The van der Waals surface area contributed by atoms with Gasteiger partial charge in [0.15, 0.2) is 0 Å². The van der Waals surface area contributed by atoms with Crippen molar-refractivity contribution < 1.29 is 17.9 Å². The van der Waals surface area contributed by atoms with Crippen molar-refractivity contribution >= 4 is 56.4 Å². The smallest absolute Gasteiger partial charge is 0.255 e. The number of nitrogens with one attached hydrogen (secondary N) is 1. The molecule has 10 heteroatoms. The molecule has 0 aromatic heterocycles. The molecule has 1 fully saturated rings. The molecule has 1 saturated heterocycles. The van der Waals surface area contributed by atoms with Crippen molar-refractivity contribution in [2.45, 2.75) is 4.90 Å². The number of sulfonamides is 1. The lowest BCUT2D eigenvalue weighted by Crippen LogP contribution is -2.40. The van der Waals surface area contributed by atoms with Gasteiger partial charge in [0, 0.05) is 34.4 Å². The summed E-state index contributed by atoms with van der Waals surface area (Å²) in [5.74, 6) is -0.476. The van der Waals surface area contributed by atoms with Gasteiger partial charge in [-0.2, -0.15) is 4.31 Å². The van der Waals surface area contributed by atoms with Crippen LogP contribution < -0.4 is 5.32 Å². The van der Waals surface area contributed by atoms with Gasteiger partial charge in [-0.05, 0) is 36.4 Å². The summed E-state index contributed by atoms with van der Waals surface area (Å²) in [7, 11) is -3.80. The van der Waals surface area contributed by atoms with Gasteiger partial charge in [-0.25, -0.2) is 8.42 Å². The summed E-state index contributed by atoms with van der Waals surface area (Å²) in [6.07, 6.45) is 0. The van der Waals surface area contributed by atoms with Crippen molar-refractivity contribution in [1.82, 2.24) is 4.31 Å². The Balaban J connectivity index is 1.87. The van der Waals surface area contributed by atoms with Crippen molar-refractivity contribution in [2.24, 2.45) is 0 Å². The molecule has 0 saturated carbocycles. The Bertz CT molecular complexity index is 956. The minimum absolute atomic E-state index is 0.0743. The fraction of sp³-hybridized carbons (Fsp3) is 0.235. The van der Waals surface area contributed by atoms with E-state index in [0.29, 0.717) is 23.3 Å². The molecular formula is C17H15Cl3N2O4S. The summed E-state index contributed by atoms with van der Waals surface area (Å²) in [5, 5.41) is 3.34. The van der Waals surface area contributed by atoms with Crippen LogP contribution in [0.1, 0.15) is 10.4 Å². The lowest BCUT2D eigenvalue weighted by molar-refractivity contribution is 0.0730. The molecule has 3 rings (SSSR count). The first-order valence-electron chi connectivity index (χ1n) is 7.92. The number of carbonyl (C=O) groups excluding carboxylic acids is 1. The Kier molecular flexibility index (Phi) is 6.30. The Morgan fingerprint density at radius 3 is 2.26 bits per heavy atom. The van der Waals surface area contributed by atoms with Crippen LogP contribution in [0.3, 0.4) is 0 Å². The summed E-state index contributed by atoms with van der Waals surface area (Å²) in [5.41, 5.74) is 0.535. The molecule has 0 atom stereocenters. The number of ether oxygens (including phenoxy) is 1. The minimum Gasteiger partial charge on any atom is -0.379 e. The number of nitrogens with zero attached hydrogens (tertiary/aromatic N) is 1. The fourth-order valence-corrected chi connectivity index (χ4v) is 5.03. The third-order valence-corrected chi connectivity index (χ3v) is 6.72. The maximum atomic E-state index is 12.8. The second-order valence-corrected chi connectivity index (χ2v) is 8.96. The monoisotopic (exact) mass is 448 g/mol. The van der Waals surface area contributed by atoms with E-state index in [1.807, 2.05) is 0 Å². The van der Waals surface area contributed by atoms with E-state index in [-0.39, 0.29) is 34.3 Å². The number of carbonyl (C=O) groups is 1. The predicted molar refractivity (Wildman–Crippen MR) is 105 cm³/mol. The van der Waals surface area contributed by atoms with Crippen molar-refractivity contribution in [3.05, 3.63) is 57.0 Å². The zero-order valence-corrected chi connectivity index (χ0v) is 17.0. The van der Waals surface area contributed by atoms with E-state index in [9.17, 15) is 13.2 Å². The molecule has 6 nitrogen and oxygen atoms in total. The van der Waals surface area contributed by atoms with E-state index < -0.39 is 15.9 Å². The maximum absolute atomic E-state index is 12.8. The number of rotatable bonds is 4. The van der Waals surface area contributed by atoms with Gasteiger partial charge in [-0.3, -0.25) is 4.79 Å². The molecule has 2 aromatic carbocycles. The molecule has 1 aliphatic heterocycles. The molecule has 0 unspecified atom stereocenters. The van der Waals surface area contributed by atoms with E-state index in [4.69, 9.17) is 39.5 Å². The lowest BCUT2D eigenvalue weighted by atomic mass is 10.2. The Hall–Kier alpha value is -1.35. The van der Waals surface area contributed by atoms with Gasteiger partial charge in [0.05, 0.1) is 18.2 Å². The Morgan fingerprint density at radius 2 is 1.63 bits per heavy atom. The molecule has 1 aliphatic rings. The number of anilines is 1. The number of halogens is 3. The molecular weight excluding hydrogens is 435 g/mol. The molecule has 1 N–H and O–H groups in total. The first-order chi connectivity index (χ1) is 12.8. The average molecular weight is 450 g/mol. The quantitative estimate of drug-likeness (QED) is 0.767. The molecule has 2 aromatic rings. The third kappa shape index (κ3) is 4.74. The van der Waals surface area contributed by atoms with Crippen molar-refractivity contribution in [2.75, 3.05) is 31.6 Å². The largest absolute Gasteiger partial charge is 0.379 e. The van der Waals surface area contributed by atoms with Crippen LogP contribution in [0.4, 0.5) is 5.69 Å². The highest BCUT2D eigenvalue weighted by Gasteiger charge is 2.28. The van der Waals surface area contributed by atoms with E-state index in [1.54, 1.807) is 0 Å². The summed E-state index contributed by atoms with van der Waals surface area (Å²) >= 11 is 17.9. The second-order valence-electron chi connectivity index (χ2n) is 5.77. The summed E-state index contributed by atoms with van der Waals surface area (Å²) < 4.78 is 32.2. The van der Waals surface area contributed by atoms with Gasteiger partial charge < -0.3 is 10.1 Å². The van der Waals surface area contributed by atoms with E-state index in [1.165, 1.54) is 40.7 Å². The normalized spacial score (nSPS) is 15.5. The summed E-state index contributed by atoms with van der Waals surface area (Å²) in [6.45, 7) is 1.14. The van der Waals surface area contributed by atoms with Crippen LogP contribution in [-0.2, 0) is 14.8 Å². The van der Waals surface area contributed by atoms with E-state index in [2.05, 4.69) is 5.32 Å². The number of hydrogen-bond acceptors (Lipinski definition) is 4. The topological polar surface area (TPSA) is 75.7 Å². The molecule has 1 amide bonds. The lowest BCUT2D eigenvalue weighted by Gasteiger charge is -2.26. The molecule has 0 radical (unpaired) electrons. The minimum atomic E-state index is -3.80. The van der Waals surface area contributed by atoms with Gasteiger partial charge in [0.25, 0.3) is 5.91 Å². The highest BCUT2D eigenvalue weighted by molar-refractivity contribution is 7.89. The van der Waals surface area contributed by atoms with Crippen LogP contribution in [0.2, 0.25) is 15.1 Å². The Labute approximate surface area is 172 Å². The molecule has 1 heterocycles. The van der Waals surface area contributed by atoms with Crippen molar-refractivity contribution in [1.29, 1.82) is 0 Å². The second kappa shape index (κ2) is 8.34. The van der Waals surface area contributed by atoms with Crippen molar-refractivity contribution in [3.63, 3.8) is 0 Å². The standard InChI is InChI=1S/C17H15Cl3N2O4S/c18-12-7-11(8-13(19)9-12)17(23)21-14-1-2-15(20)16(10-14)27(24,25)22-3-5-26-6-4-22/h1-2,7-10H,3-6H2,(H,21,23). The number of hydrogen-bond donors (Lipinski definition) is 1. The SMILES string of the molecule is O=C(Nc1ccc(Cl)c(S(=O)(=O)N2CCOCC2)c1)c1cc(Cl)cc(Cl)c1. The molecule has 0 bridgehead atoms. The van der Waals surface area contributed by atoms with Gasteiger partial charge in [-0.15, -0.1) is 0 Å². The maximum Gasteiger partial charge on any atom is 0.255 e. The van der Waals surface area contributed by atoms with Crippen LogP contribution in [0.15, 0.2) is 41.3 Å². The number of morpholine rings is 1. The van der Waals surface area contributed by atoms with Gasteiger partial charge in [0.2, 0.25) is 10.0 Å². The molecule has 144 valence electrons. The first kappa shape index (κ1) is 20.4. The van der Waals surface area contributed by atoms with Crippen LogP contribution >= 0.6 is 34.8 Å². The van der Waals surface area contributed by atoms with Crippen LogP contribution in [-0.4, -0.2) is 44.9 Å². The van der Waals surface area contributed by atoms with Crippen LogP contribution in [0.25, 0.3) is 0 Å². The zero-order valence-electron chi connectivity index (χ0n) is 13.9. The van der Waals surface area contributed by atoms with E-state index >= 15 is 0 Å². The van der Waals surface area contributed by atoms with Gasteiger partial charge in [-0.1, -0.05) is 34.8 Å². The van der Waals surface area contributed by atoms with Crippen LogP contribution in [0.5, 0.6) is 0 Å². The fourth-order valence-electron chi connectivity index (χ4n) is 2.59. The number of amides is 1. The number of benzene rings is 2. The summed E-state index contributed by atoms with van der Waals surface area (Å²) in [4.78, 5) is 12.4. The van der Waals surface area contributed by atoms with E-state index in [0.717, 1.165) is 0 Å². The molecule has 0 aliphatic carbocycles. The molecule has 27 heavy (non-hydrogen) atoms. The third-order valence-electron chi connectivity index (χ3n) is 3.90.